The van der Waals surface area contributed by atoms with E-state index >= 15 is 0 Å². The van der Waals surface area contributed by atoms with Crippen LogP contribution in [0.15, 0.2) is 44.4 Å². The molecule has 1 unspecified atom stereocenters. The Morgan fingerprint density at radius 1 is 1.12 bits per heavy atom. The molecule has 3 aromatic rings. The molecule has 0 aliphatic heterocycles. The Kier molecular flexibility index (Phi) is 4.94. The lowest BCUT2D eigenvalue weighted by atomic mass is 10.1. The Morgan fingerprint density at radius 3 is 2.52 bits per heavy atom. The van der Waals surface area contributed by atoms with Crippen molar-refractivity contribution in [2.24, 2.45) is 0 Å². The van der Waals surface area contributed by atoms with Crippen LogP contribution in [-0.2, 0) is 4.74 Å². The number of aryl methyl sites for hydroxylation is 2. The molecule has 6 nitrogen and oxygen atoms in total. The third-order valence-corrected chi connectivity index (χ3v) is 4.52. The predicted octanol–water partition coefficient (Wildman–Crippen LogP) is 4.59. The highest BCUT2D eigenvalue weighted by Crippen LogP contribution is 2.36. The van der Waals surface area contributed by atoms with Crippen LogP contribution in [0.5, 0.6) is 0 Å². The van der Waals surface area contributed by atoms with E-state index in [1.165, 1.54) is 18.9 Å². The second kappa shape index (κ2) is 7.14. The maximum atomic E-state index is 11.5. The van der Waals surface area contributed by atoms with Crippen molar-refractivity contribution in [1.29, 1.82) is 0 Å². The molecule has 0 amide bonds. The molecule has 25 heavy (non-hydrogen) atoms. The van der Waals surface area contributed by atoms with Crippen molar-refractivity contribution in [1.82, 2.24) is 10.2 Å². The van der Waals surface area contributed by atoms with Gasteiger partial charge in [-0.1, -0.05) is 29.0 Å². The summed E-state index contributed by atoms with van der Waals surface area (Å²) in [7, 11) is 1.32. The van der Waals surface area contributed by atoms with Gasteiger partial charge in [0.05, 0.1) is 12.4 Å². The van der Waals surface area contributed by atoms with Gasteiger partial charge >= 0.3 is 5.97 Å². The zero-order valence-electron chi connectivity index (χ0n) is 14.4. The Morgan fingerprint density at radius 2 is 1.84 bits per heavy atom. The maximum absolute atomic E-state index is 11.5. The molecule has 1 aromatic carbocycles. The van der Waals surface area contributed by atoms with Crippen molar-refractivity contribution in [2.75, 3.05) is 7.11 Å². The van der Waals surface area contributed by atoms with E-state index in [-0.39, 0.29) is 11.0 Å². The van der Waals surface area contributed by atoms with E-state index in [0.717, 1.165) is 16.7 Å². The number of hydrogen-bond donors (Lipinski definition) is 0. The summed E-state index contributed by atoms with van der Waals surface area (Å²) in [6, 6.07) is 9.44. The molecule has 0 bridgehead atoms. The Hall–Kier alpha value is -2.54. The highest BCUT2D eigenvalue weighted by Gasteiger charge is 2.19. The fourth-order valence-corrected chi connectivity index (χ4v) is 3.22. The van der Waals surface area contributed by atoms with Crippen molar-refractivity contribution in [3.05, 3.63) is 53.0 Å². The highest BCUT2D eigenvalue weighted by atomic mass is 32.2. The quantitative estimate of drug-likeness (QED) is 0.487. The van der Waals surface area contributed by atoms with E-state index < -0.39 is 5.97 Å². The Labute approximate surface area is 149 Å². The van der Waals surface area contributed by atoms with Crippen LogP contribution in [0.25, 0.3) is 11.5 Å². The van der Waals surface area contributed by atoms with E-state index in [1.807, 2.05) is 32.9 Å². The van der Waals surface area contributed by atoms with E-state index in [2.05, 4.69) is 21.0 Å². The van der Waals surface area contributed by atoms with E-state index in [1.54, 1.807) is 12.1 Å². The number of benzene rings is 1. The lowest BCUT2D eigenvalue weighted by Gasteiger charge is -2.04. The minimum atomic E-state index is -0.502. The average Bonchev–Trinajstić information content (AvgIpc) is 3.22. The highest BCUT2D eigenvalue weighted by molar-refractivity contribution is 7.99. The van der Waals surface area contributed by atoms with Crippen molar-refractivity contribution >= 4 is 17.7 Å². The number of ether oxygens (including phenoxy) is 1. The summed E-state index contributed by atoms with van der Waals surface area (Å²) >= 11 is 1.37. The maximum Gasteiger partial charge on any atom is 0.373 e. The van der Waals surface area contributed by atoms with Gasteiger partial charge in [-0.3, -0.25) is 0 Å². The number of methoxy groups -OCH3 is 1. The molecule has 2 aromatic heterocycles. The SMILES string of the molecule is COC(=O)c1ccc(C(C)Sc2nnc(-c3cc(C)cc(C)c3)o2)o1. The number of furan rings is 1. The number of nitrogens with zero attached hydrogens (tertiary/aromatic N) is 2. The van der Waals surface area contributed by atoms with Gasteiger partial charge in [-0.05, 0) is 45.0 Å². The fraction of sp³-hybridized carbons (Fsp3) is 0.278. The van der Waals surface area contributed by atoms with E-state index in [0.29, 0.717) is 16.9 Å². The first-order chi connectivity index (χ1) is 12.0. The molecule has 0 spiro atoms. The predicted molar refractivity (Wildman–Crippen MR) is 93.5 cm³/mol. The van der Waals surface area contributed by atoms with Crippen LogP contribution in [-0.4, -0.2) is 23.3 Å². The van der Waals surface area contributed by atoms with Crippen LogP contribution in [0.2, 0.25) is 0 Å². The second-order valence-corrected chi connectivity index (χ2v) is 7.00. The van der Waals surface area contributed by atoms with Gasteiger partial charge in [-0.15, -0.1) is 10.2 Å². The minimum Gasteiger partial charge on any atom is -0.463 e. The van der Waals surface area contributed by atoms with Gasteiger partial charge in [0.2, 0.25) is 11.7 Å². The number of thioether (sulfide) groups is 1. The first-order valence-electron chi connectivity index (χ1n) is 7.73. The first-order valence-corrected chi connectivity index (χ1v) is 8.61. The number of esters is 1. The van der Waals surface area contributed by atoms with Crippen LogP contribution in [0.3, 0.4) is 0 Å². The standard InChI is InChI=1S/C18H18N2O4S/c1-10-7-11(2)9-13(8-10)16-19-20-18(24-16)25-12(3)14-5-6-15(23-14)17(21)22-4/h5-9,12H,1-4H3. The number of aromatic nitrogens is 2. The third-order valence-electron chi connectivity index (χ3n) is 3.57. The van der Waals surface area contributed by atoms with Gasteiger partial charge in [0.25, 0.3) is 5.22 Å². The van der Waals surface area contributed by atoms with Gasteiger partial charge in [0.15, 0.2) is 0 Å². The Bertz CT molecular complexity index is 880. The monoisotopic (exact) mass is 358 g/mol. The third kappa shape index (κ3) is 3.93. The summed E-state index contributed by atoms with van der Waals surface area (Å²) in [5.41, 5.74) is 3.18. The van der Waals surface area contributed by atoms with Crippen LogP contribution >= 0.6 is 11.8 Å². The van der Waals surface area contributed by atoms with Crippen molar-refractivity contribution in [3.63, 3.8) is 0 Å². The first kappa shape index (κ1) is 17.3. The topological polar surface area (TPSA) is 78.4 Å². The smallest absolute Gasteiger partial charge is 0.373 e. The van der Waals surface area contributed by atoms with Gasteiger partial charge in [0.1, 0.15) is 5.76 Å². The molecule has 0 fully saturated rings. The average molecular weight is 358 g/mol. The molecule has 1 atom stereocenters. The number of carbonyl (C=O) groups is 1. The molecule has 0 saturated carbocycles. The molecule has 7 heteroatoms. The normalized spacial score (nSPS) is 12.2. The molecule has 2 heterocycles. The lowest BCUT2D eigenvalue weighted by Crippen LogP contribution is -1.98. The molecule has 0 aliphatic rings. The van der Waals surface area contributed by atoms with Crippen molar-refractivity contribution < 1.29 is 18.4 Å². The summed E-state index contributed by atoms with van der Waals surface area (Å²) in [4.78, 5) is 11.5. The lowest BCUT2D eigenvalue weighted by molar-refractivity contribution is 0.0563. The van der Waals surface area contributed by atoms with Gasteiger partial charge < -0.3 is 13.6 Å². The summed E-state index contributed by atoms with van der Waals surface area (Å²) in [6.45, 7) is 5.99. The van der Waals surface area contributed by atoms with Crippen LogP contribution in [0.1, 0.15) is 39.6 Å². The largest absolute Gasteiger partial charge is 0.463 e. The molecule has 3 rings (SSSR count). The molecule has 0 radical (unpaired) electrons. The number of rotatable bonds is 5. The molecular weight excluding hydrogens is 340 g/mol. The molecular formula is C18H18N2O4S. The fourth-order valence-electron chi connectivity index (χ4n) is 2.46. The van der Waals surface area contributed by atoms with Gasteiger partial charge in [0, 0.05) is 5.56 Å². The summed E-state index contributed by atoms with van der Waals surface area (Å²) in [5.74, 6) is 0.789. The molecule has 0 N–H and O–H groups in total. The van der Waals surface area contributed by atoms with Gasteiger partial charge in [-0.25, -0.2) is 4.79 Å². The van der Waals surface area contributed by atoms with E-state index in [9.17, 15) is 4.79 Å². The van der Waals surface area contributed by atoms with Crippen LogP contribution in [0.4, 0.5) is 0 Å². The van der Waals surface area contributed by atoms with Crippen molar-refractivity contribution in [3.8, 4) is 11.5 Å². The molecule has 130 valence electrons. The zero-order valence-corrected chi connectivity index (χ0v) is 15.2. The van der Waals surface area contributed by atoms with E-state index in [4.69, 9.17) is 8.83 Å². The van der Waals surface area contributed by atoms with Crippen molar-refractivity contribution in [2.45, 2.75) is 31.2 Å². The number of hydrogen-bond acceptors (Lipinski definition) is 7. The van der Waals surface area contributed by atoms with Crippen LogP contribution in [0, 0.1) is 13.8 Å². The zero-order chi connectivity index (χ0) is 18.0. The Balaban J connectivity index is 1.74. The molecule has 0 saturated heterocycles. The summed E-state index contributed by atoms with van der Waals surface area (Å²) in [5, 5.41) is 8.56. The summed E-state index contributed by atoms with van der Waals surface area (Å²) < 4.78 is 15.9. The molecule has 0 aliphatic carbocycles. The number of carbonyl (C=O) groups excluding carboxylic acids is 1. The minimum absolute atomic E-state index is 0.0917. The van der Waals surface area contributed by atoms with Crippen LogP contribution < -0.4 is 0 Å². The second-order valence-electron chi connectivity index (χ2n) is 5.70. The van der Waals surface area contributed by atoms with Gasteiger partial charge in [-0.2, -0.15) is 0 Å². The summed E-state index contributed by atoms with van der Waals surface area (Å²) in [6.07, 6.45) is 0.